The van der Waals surface area contributed by atoms with E-state index in [0.717, 1.165) is 12.8 Å². The molecule has 0 aliphatic rings. The number of carbonyl (C=O) groups excluding carboxylic acids is 2. The van der Waals surface area contributed by atoms with Crippen LogP contribution >= 0.6 is 0 Å². The largest absolute Gasteiger partial charge is 0.458 e. The minimum absolute atomic E-state index is 0.0506. The van der Waals surface area contributed by atoms with Gasteiger partial charge in [0.1, 0.15) is 12.7 Å². The van der Waals surface area contributed by atoms with Gasteiger partial charge < -0.3 is 14.8 Å². The fourth-order valence-electron chi connectivity index (χ4n) is 2.63. The second-order valence-electron chi connectivity index (χ2n) is 7.68. The van der Waals surface area contributed by atoms with Crippen LogP contribution in [0.15, 0.2) is 12.2 Å². The van der Waals surface area contributed by atoms with Crippen LogP contribution in [-0.4, -0.2) is 31.3 Å². The Morgan fingerprint density at radius 2 is 1.44 bits per heavy atom. The van der Waals surface area contributed by atoms with Crippen molar-refractivity contribution in [2.45, 2.75) is 98.0 Å². The molecule has 0 saturated heterocycles. The van der Waals surface area contributed by atoms with Crippen LogP contribution in [0, 0.1) is 5.92 Å². The number of alkyl carbamates (subject to hydrolysis) is 1. The van der Waals surface area contributed by atoms with Gasteiger partial charge in [0.2, 0.25) is 0 Å². The summed E-state index contributed by atoms with van der Waals surface area (Å²) in [5.41, 5.74) is 0.336. The molecule has 0 aromatic rings. The summed E-state index contributed by atoms with van der Waals surface area (Å²) in [4.78, 5) is 23.4. The van der Waals surface area contributed by atoms with E-state index in [0.29, 0.717) is 12.1 Å². The van der Waals surface area contributed by atoms with Crippen LogP contribution in [0.1, 0.15) is 91.9 Å². The van der Waals surface area contributed by atoms with Gasteiger partial charge in [0, 0.05) is 12.1 Å². The molecule has 0 radical (unpaired) electrons. The molecule has 5 nitrogen and oxygen atoms in total. The van der Waals surface area contributed by atoms with Gasteiger partial charge in [0.05, 0.1) is 0 Å². The molecule has 1 unspecified atom stereocenters. The molecule has 0 aromatic heterocycles. The molecular weight excluding hydrogens is 342 g/mol. The SMILES string of the molecule is C=C(C)C(=O)OCC(OC(=O)NCCCCCCCCCCCC)C(C)C. The maximum atomic E-state index is 11.9. The van der Waals surface area contributed by atoms with Crippen LogP contribution in [0.2, 0.25) is 0 Å². The summed E-state index contributed by atoms with van der Waals surface area (Å²) in [5, 5.41) is 2.78. The molecule has 0 aliphatic carbocycles. The Balaban J connectivity index is 3.72. The highest BCUT2D eigenvalue weighted by molar-refractivity contribution is 5.86. The highest BCUT2D eigenvalue weighted by Crippen LogP contribution is 2.11. The number of esters is 1. The number of amides is 1. The third-order valence-corrected chi connectivity index (χ3v) is 4.53. The highest BCUT2D eigenvalue weighted by atomic mass is 16.6. The van der Waals surface area contributed by atoms with E-state index in [1.807, 2.05) is 13.8 Å². The van der Waals surface area contributed by atoms with E-state index >= 15 is 0 Å². The van der Waals surface area contributed by atoms with Crippen molar-refractivity contribution in [1.29, 1.82) is 0 Å². The molecule has 1 amide bonds. The van der Waals surface area contributed by atoms with E-state index in [1.54, 1.807) is 6.92 Å². The van der Waals surface area contributed by atoms with E-state index in [2.05, 4.69) is 18.8 Å². The predicted octanol–water partition coefficient (Wildman–Crippen LogP) is 5.78. The third-order valence-electron chi connectivity index (χ3n) is 4.53. The van der Waals surface area contributed by atoms with Crippen molar-refractivity contribution in [3.05, 3.63) is 12.2 Å². The van der Waals surface area contributed by atoms with Gasteiger partial charge in [-0.15, -0.1) is 0 Å². The lowest BCUT2D eigenvalue weighted by Crippen LogP contribution is -2.35. The van der Waals surface area contributed by atoms with Crippen molar-refractivity contribution >= 4 is 12.1 Å². The maximum Gasteiger partial charge on any atom is 0.407 e. The highest BCUT2D eigenvalue weighted by Gasteiger charge is 2.20. The Hall–Kier alpha value is -1.52. The molecule has 0 saturated carbocycles. The molecule has 5 heteroatoms. The van der Waals surface area contributed by atoms with Crippen molar-refractivity contribution < 1.29 is 19.1 Å². The lowest BCUT2D eigenvalue weighted by molar-refractivity contribution is -0.142. The molecule has 0 fully saturated rings. The Labute approximate surface area is 166 Å². The minimum atomic E-state index is -0.463. The van der Waals surface area contributed by atoms with E-state index < -0.39 is 18.2 Å². The molecule has 0 aromatic carbocycles. The van der Waals surface area contributed by atoms with Crippen LogP contribution in [0.3, 0.4) is 0 Å². The monoisotopic (exact) mass is 383 g/mol. The van der Waals surface area contributed by atoms with E-state index in [9.17, 15) is 9.59 Å². The lowest BCUT2D eigenvalue weighted by Gasteiger charge is -2.21. The zero-order valence-electron chi connectivity index (χ0n) is 18.0. The Kier molecular flexibility index (Phi) is 15.7. The summed E-state index contributed by atoms with van der Waals surface area (Å²) in [5.74, 6) is -0.402. The summed E-state index contributed by atoms with van der Waals surface area (Å²) in [6.45, 7) is 11.9. The smallest absolute Gasteiger partial charge is 0.407 e. The summed E-state index contributed by atoms with van der Waals surface area (Å²) in [6.07, 6.45) is 11.7. The topological polar surface area (TPSA) is 64.6 Å². The van der Waals surface area contributed by atoms with Crippen LogP contribution in [0.4, 0.5) is 4.79 Å². The van der Waals surface area contributed by atoms with Gasteiger partial charge in [0.15, 0.2) is 0 Å². The van der Waals surface area contributed by atoms with Crippen LogP contribution in [-0.2, 0) is 14.3 Å². The molecule has 27 heavy (non-hydrogen) atoms. The number of rotatable bonds is 16. The van der Waals surface area contributed by atoms with E-state index in [4.69, 9.17) is 9.47 Å². The van der Waals surface area contributed by atoms with E-state index in [-0.39, 0.29) is 12.5 Å². The molecule has 0 heterocycles. The van der Waals surface area contributed by atoms with Crippen molar-refractivity contribution in [2.24, 2.45) is 5.92 Å². The normalized spacial score (nSPS) is 11.9. The second kappa shape index (κ2) is 16.6. The second-order valence-corrected chi connectivity index (χ2v) is 7.68. The molecule has 0 aliphatic heterocycles. The van der Waals surface area contributed by atoms with Gasteiger partial charge in [-0.25, -0.2) is 9.59 Å². The lowest BCUT2D eigenvalue weighted by atomic mass is 10.1. The van der Waals surface area contributed by atoms with E-state index in [1.165, 1.54) is 51.4 Å². The number of nitrogens with one attached hydrogen (secondary N) is 1. The summed E-state index contributed by atoms with van der Waals surface area (Å²) in [6, 6.07) is 0. The standard InChI is InChI=1S/C22H41NO4/c1-6-7-8-9-10-11-12-13-14-15-16-23-22(25)27-20(18(2)3)17-26-21(24)19(4)5/h18,20H,4,6-17H2,1-3,5H3,(H,23,25). The zero-order valence-corrected chi connectivity index (χ0v) is 18.0. The number of unbranched alkanes of at least 4 members (excludes halogenated alkanes) is 9. The molecule has 0 bridgehead atoms. The Bertz CT molecular complexity index is 421. The fourth-order valence-corrected chi connectivity index (χ4v) is 2.63. The predicted molar refractivity (Wildman–Crippen MR) is 111 cm³/mol. The van der Waals surface area contributed by atoms with Crippen molar-refractivity contribution in [3.8, 4) is 0 Å². The van der Waals surface area contributed by atoms with Gasteiger partial charge in [-0.1, -0.05) is 85.1 Å². The first-order valence-electron chi connectivity index (χ1n) is 10.7. The number of carbonyl (C=O) groups is 2. The van der Waals surface area contributed by atoms with Gasteiger partial charge in [0.25, 0.3) is 0 Å². The first-order chi connectivity index (χ1) is 12.9. The van der Waals surface area contributed by atoms with Gasteiger partial charge in [-0.05, 0) is 19.3 Å². The molecule has 0 rings (SSSR count). The third kappa shape index (κ3) is 15.3. The minimum Gasteiger partial charge on any atom is -0.458 e. The van der Waals surface area contributed by atoms with Crippen LogP contribution in [0.5, 0.6) is 0 Å². The Morgan fingerprint density at radius 1 is 0.926 bits per heavy atom. The number of ether oxygens (including phenoxy) is 2. The average Bonchev–Trinajstić information content (AvgIpc) is 2.62. The fraction of sp³-hybridized carbons (Fsp3) is 0.818. The molecule has 1 atom stereocenters. The van der Waals surface area contributed by atoms with Crippen molar-refractivity contribution in [2.75, 3.05) is 13.2 Å². The molecule has 1 N–H and O–H groups in total. The van der Waals surface area contributed by atoms with Gasteiger partial charge >= 0.3 is 12.1 Å². The summed E-state index contributed by atoms with van der Waals surface area (Å²) >= 11 is 0. The van der Waals surface area contributed by atoms with Crippen LogP contribution in [0.25, 0.3) is 0 Å². The first kappa shape index (κ1) is 25.5. The van der Waals surface area contributed by atoms with Crippen molar-refractivity contribution in [1.82, 2.24) is 5.32 Å². The molecular formula is C22H41NO4. The quantitative estimate of drug-likeness (QED) is 0.208. The number of hydrogen-bond acceptors (Lipinski definition) is 4. The number of hydrogen-bond donors (Lipinski definition) is 1. The molecule has 0 spiro atoms. The summed E-state index contributed by atoms with van der Waals surface area (Å²) < 4.78 is 10.5. The molecule has 158 valence electrons. The van der Waals surface area contributed by atoms with Crippen LogP contribution < -0.4 is 5.32 Å². The van der Waals surface area contributed by atoms with Crippen molar-refractivity contribution in [3.63, 3.8) is 0 Å². The first-order valence-corrected chi connectivity index (χ1v) is 10.7. The Morgan fingerprint density at radius 3 is 1.93 bits per heavy atom. The average molecular weight is 384 g/mol. The summed E-state index contributed by atoms with van der Waals surface area (Å²) in [7, 11) is 0. The van der Waals surface area contributed by atoms with Gasteiger partial charge in [-0.2, -0.15) is 0 Å². The maximum absolute atomic E-state index is 11.9. The zero-order chi connectivity index (χ0) is 20.5. The van der Waals surface area contributed by atoms with Gasteiger partial charge in [-0.3, -0.25) is 0 Å².